The molecule has 3 atom stereocenters. The van der Waals surface area contributed by atoms with Crippen molar-refractivity contribution in [3.63, 3.8) is 0 Å². The van der Waals surface area contributed by atoms with Crippen molar-refractivity contribution < 1.29 is 14.3 Å². The lowest BCUT2D eigenvalue weighted by atomic mass is 9.78. The summed E-state index contributed by atoms with van der Waals surface area (Å²) in [5, 5.41) is 6.18. The molecule has 3 amide bonds. The van der Waals surface area contributed by atoms with Crippen molar-refractivity contribution in [1.29, 1.82) is 0 Å². The Bertz CT molecular complexity index is 1270. The Morgan fingerprint density at radius 3 is 2.52 bits per heavy atom. The Labute approximate surface area is 193 Å². The fourth-order valence-corrected chi connectivity index (χ4v) is 5.05. The van der Waals surface area contributed by atoms with E-state index in [1.807, 2.05) is 94.4 Å². The van der Waals surface area contributed by atoms with E-state index < -0.39 is 17.7 Å². The van der Waals surface area contributed by atoms with Crippen LogP contribution in [0.3, 0.4) is 0 Å². The van der Waals surface area contributed by atoms with Gasteiger partial charge in [-0.25, -0.2) is 4.79 Å². The summed E-state index contributed by atoms with van der Waals surface area (Å²) in [5.41, 5.74) is 4.12. The fraction of sp³-hybridized carbons (Fsp3) is 0.259. The highest BCUT2D eigenvalue weighted by molar-refractivity contribution is 6.01. The Morgan fingerprint density at radius 2 is 1.76 bits per heavy atom. The number of hydrogen-bond donors (Lipinski definition) is 2. The molecule has 0 aliphatic carbocycles. The third-order valence-electron chi connectivity index (χ3n) is 6.59. The van der Waals surface area contributed by atoms with Gasteiger partial charge in [-0.15, -0.1) is 0 Å². The van der Waals surface area contributed by atoms with Crippen LogP contribution < -0.4 is 20.3 Å². The van der Waals surface area contributed by atoms with Gasteiger partial charge in [-0.05, 0) is 63.1 Å². The summed E-state index contributed by atoms with van der Waals surface area (Å²) in [6.07, 6.45) is 0. The Morgan fingerprint density at radius 1 is 1.00 bits per heavy atom. The lowest BCUT2D eigenvalue weighted by Gasteiger charge is -2.54. The number of para-hydroxylation sites is 1. The maximum Gasteiger partial charge on any atom is 0.325 e. The van der Waals surface area contributed by atoms with Gasteiger partial charge in [0.25, 0.3) is 0 Å². The first-order valence-corrected chi connectivity index (χ1v) is 11.1. The molecular weight excluding hydrogens is 414 g/mol. The Kier molecular flexibility index (Phi) is 4.89. The molecule has 0 aromatic heterocycles. The van der Waals surface area contributed by atoms with E-state index >= 15 is 0 Å². The van der Waals surface area contributed by atoms with Crippen molar-refractivity contribution in [3.8, 4) is 5.75 Å². The predicted molar refractivity (Wildman–Crippen MR) is 128 cm³/mol. The molecule has 1 fully saturated rings. The van der Waals surface area contributed by atoms with Gasteiger partial charge < -0.3 is 15.4 Å². The molecule has 2 bridgehead atoms. The molecule has 0 spiro atoms. The molecular formula is C27H27N3O3. The van der Waals surface area contributed by atoms with Crippen LogP contribution in [-0.4, -0.2) is 17.7 Å². The van der Waals surface area contributed by atoms with Gasteiger partial charge in [0.2, 0.25) is 11.6 Å². The number of nitrogens with zero attached hydrogens (tertiary/aromatic N) is 1. The lowest BCUT2D eigenvalue weighted by molar-refractivity contribution is -0.131. The van der Waals surface area contributed by atoms with Crippen molar-refractivity contribution in [3.05, 3.63) is 89.0 Å². The molecule has 2 aliphatic rings. The average molecular weight is 442 g/mol. The quantitative estimate of drug-likeness (QED) is 0.583. The standard InChI is InChI=1S/C27H27N3O3/c1-16-8-7-9-19(15-16)30-26(32)29-24-20-10-5-6-11-22(20)33-27(30,4)23(24)25(31)28-21-13-12-17(2)14-18(21)3/h5-15,23-24H,1-4H3,(H,28,31)(H,29,32). The van der Waals surface area contributed by atoms with Crippen LogP contribution >= 0.6 is 0 Å². The number of amides is 3. The van der Waals surface area contributed by atoms with Gasteiger partial charge in [0.05, 0.1) is 6.04 Å². The van der Waals surface area contributed by atoms with Crippen LogP contribution in [0.2, 0.25) is 0 Å². The monoisotopic (exact) mass is 441 g/mol. The summed E-state index contributed by atoms with van der Waals surface area (Å²) < 4.78 is 6.49. The molecule has 0 saturated carbocycles. The SMILES string of the molecule is Cc1cccc(N2C(=O)NC3c4ccccc4OC2(C)C3C(=O)Nc2ccc(C)cc2C)c1. The molecule has 168 valence electrons. The number of rotatable bonds is 3. The molecule has 2 N–H and O–H groups in total. The molecule has 2 aliphatic heterocycles. The van der Waals surface area contributed by atoms with E-state index in [9.17, 15) is 9.59 Å². The van der Waals surface area contributed by atoms with E-state index in [4.69, 9.17) is 4.74 Å². The summed E-state index contributed by atoms with van der Waals surface area (Å²) in [5.74, 6) is -0.230. The molecule has 6 nitrogen and oxygen atoms in total. The van der Waals surface area contributed by atoms with E-state index in [1.165, 1.54) is 0 Å². The molecule has 33 heavy (non-hydrogen) atoms. The van der Waals surface area contributed by atoms with Crippen molar-refractivity contribution in [1.82, 2.24) is 5.32 Å². The first-order chi connectivity index (χ1) is 15.8. The zero-order chi connectivity index (χ0) is 23.3. The molecule has 1 saturated heterocycles. The van der Waals surface area contributed by atoms with Crippen LogP contribution in [0.5, 0.6) is 5.75 Å². The van der Waals surface area contributed by atoms with E-state index in [1.54, 1.807) is 4.90 Å². The molecule has 2 heterocycles. The molecule has 3 aromatic rings. The minimum Gasteiger partial charge on any atom is -0.466 e. The van der Waals surface area contributed by atoms with Crippen LogP contribution in [0.1, 0.15) is 35.2 Å². The zero-order valence-electron chi connectivity index (χ0n) is 19.2. The van der Waals surface area contributed by atoms with E-state index in [2.05, 4.69) is 10.6 Å². The third-order valence-corrected chi connectivity index (χ3v) is 6.59. The average Bonchev–Trinajstić information content (AvgIpc) is 2.75. The summed E-state index contributed by atoms with van der Waals surface area (Å²) >= 11 is 0. The van der Waals surface area contributed by atoms with Crippen LogP contribution in [0.25, 0.3) is 0 Å². The minimum absolute atomic E-state index is 0.207. The summed E-state index contributed by atoms with van der Waals surface area (Å²) in [6.45, 7) is 7.78. The van der Waals surface area contributed by atoms with Crippen LogP contribution in [-0.2, 0) is 4.79 Å². The molecule has 6 heteroatoms. The number of benzene rings is 3. The Balaban J connectivity index is 1.62. The number of urea groups is 1. The number of nitrogens with one attached hydrogen (secondary N) is 2. The first kappa shape index (κ1) is 21.1. The maximum absolute atomic E-state index is 13.8. The van der Waals surface area contributed by atoms with Crippen molar-refractivity contribution in [2.45, 2.75) is 39.5 Å². The highest BCUT2D eigenvalue weighted by atomic mass is 16.5. The summed E-state index contributed by atoms with van der Waals surface area (Å²) in [7, 11) is 0. The number of hydrogen-bond acceptors (Lipinski definition) is 3. The van der Waals surface area contributed by atoms with Gasteiger partial charge in [0, 0.05) is 16.9 Å². The van der Waals surface area contributed by atoms with Crippen molar-refractivity contribution in [2.75, 3.05) is 10.2 Å². The highest BCUT2D eigenvalue weighted by Crippen LogP contribution is 2.49. The second-order valence-corrected chi connectivity index (χ2v) is 9.08. The van der Waals surface area contributed by atoms with E-state index in [0.717, 1.165) is 27.9 Å². The molecule has 3 aromatic carbocycles. The second kappa shape index (κ2) is 7.66. The number of aryl methyl sites for hydroxylation is 3. The maximum atomic E-state index is 13.8. The topological polar surface area (TPSA) is 70.7 Å². The van der Waals surface area contributed by atoms with Crippen LogP contribution in [0, 0.1) is 26.7 Å². The molecule has 5 rings (SSSR count). The molecule has 3 unspecified atom stereocenters. The number of carbonyl (C=O) groups excluding carboxylic acids is 2. The molecule has 0 radical (unpaired) electrons. The number of fused-ring (bicyclic) bond motifs is 4. The Hall–Kier alpha value is -3.80. The van der Waals surface area contributed by atoms with Crippen LogP contribution in [0.4, 0.5) is 16.2 Å². The zero-order valence-corrected chi connectivity index (χ0v) is 19.2. The smallest absolute Gasteiger partial charge is 0.325 e. The van der Waals surface area contributed by atoms with Gasteiger partial charge in [0.15, 0.2) is 0 Å². The number of ether oxygens (including phenoxy) is 1. The van der Waals surface area contributed by atoms with Gasteiger partial charge >= 0.3 is 6.03 Å². The van der Waals surface area contributed by atoms with Gasteiger partial charge in [-0.2, -0.15) is 0 Å². The minimum atomic E-state index is -1.22. The van der Waals surface area contributed by atoms with Gasteiger partial charge in [0.1, 0.15) is 11.7 Å². The van der Waals surface area contributed by atoms with Crippen molar-refractivity contribution >= 4 is 23.3 Å². The lowest BCUT2D eigenvalue weighted by Crippen LogP contribution is -2.72. The fourth-order valence-electron chi connectivity index (χ4n) is 5.05. The summed E-state index contributed by atoms with van der Waals surface area (Å²) in [6, 6.07) is 20.3. The van der Waals surface area contributed by atoms with E-state index in [0.29, 0.717) is 11.4 Å². The second-order valence-electron chi connectivity index (χ2n) is 9.08. The normalized spacial score (nSPS) is 23.3. The predicted octanol–water partition coefficient (Wildman–Crippen LogP) is 5.25. The largest absolute Gasteiger partial charge is 0.466 e. The number of anilines is 2. The number of carbonyl (C=O) groups is 2. The first-order valence-electron chi connectivity index (χ1n) is 11.1. The van der Waals surface area contributed by atoms with E-state index in [-0.39, 0.29) is 11.9 Å². The van der Waals surface area contributed by atoms with Gasteiger partial charge in [-0.3, -0.25) is 9.69 Å². The third kappa shape index (κ3) is 3.42. The summed E-state index contributed by atoms with van der Waals surface area (Å²) in [4.78, 5) is 28.7. The van der Waals surface area contributed by atoms with Crippen LogP contribution in [0.15, 0.2) is 66.7 Å². The van der Waals surface area contributed by atoms with Crippen molar-refractivity contribution in [2.24, 2.45) is 5.92 Å². The van der Waals surface area contributed by atoms with Gasteiger partial charge in [-0.1, -0.05) is 48.0 Å². The highest BCUT2D eigenvalue weighted by Gasteiger charge is 2.60.